The van der Waals surface area contributed by atoms with Gasteiger partial charge in [0.15, 0.2) is 0 Å². The lowest BCUT2D eigenvalue weighted by Crippen LogP contribution is -2.38. The fourth-order valence-electron chi connectivity index (χ4n) is 1.55. The van der Waals surface area contributed by atoms with Crippen molar-refractivity contribution in [3.8, 4) is 0 Å². The minimum Gasteiger partial charge on any atom is -0.362 e. The maximum Gasteiger partial charge on any atom is 0.224 e. The highest BCUT2D eigenvalue weighted by Crippen LogP contribution is 2.14. The van der Waals surface area contributed by atoms with Gasteiger partial charge in [-0.2, -0.15) is 0 Å². The van der Waals surface area contributed by atoms with Crippen LogP contribution in [0.2, 0.25) is 0 Å². The van der Waals surface area contributed by atoms with Crippen LogP contribution in [0, 0.1) is 5.92 Å². The van der Waals surface area contributed by atoms with Gasteiger partial charge < -0.3 is 16.0 Å². The zero-order chi connectivity index (χ0) is 13.7. The van der Waals surface area contributed by atoms with Gasteiger partial charge in [0.1, 0.15) is 5.82 Å². The molecule has 0 aliphatic carbocycles. The number of nitrogens with zero attached hydrogens (tertiary/aromatic N) is 2. The monoisotopic (exact) mass is 250 g/mol. The number of carbonyl (C=O) groups is 1. The minimum atomic E-state index is -0.190. The van der Waals surface area contributed by atoms with Gasteiger partial charge in [0.2, 0.25) is 5.91 Å². The van der Waals surface area contributed by atoms with Crippen LogP contribution >= 0.6 is 0 Å². The van der Waals surface area contributed by atoms with E-state index in [1.165, 1.54) is 0 Å². The molecule has 0 radical (unpaired) electrons. The van der Waals surface area contributed by atoms with Crippen molar-refractivity contribution in [1.29, 1.82) is 0 Å². The number of amides is 1. The maximum atomic E-state index is 11.8. The quantitative estimate of drug-likeness (QED) is 0.809. The molecular weight excluding hydrogens is 228 g/mol. The second-order valence-corrected chi connectivity index (χ2v) is 4.75. The van der Waals surface area contributed by atoms with Gasteiger partial charge in [0.25, 0.3) is 0 Å². The molecule has 0 spiro atoms. The summed E-state index contributed by atoms with van der Waals surface area (Å²) < 4.78 is 0. The van der Waals surface area contributed by atoms with E-state index >= 15 is 0 Å². The van der Waals surface area contributed by atoms with E-state index < -0.39 is 0 Å². The summed E-state index contributed by atoms with van der Waals surface area (Å²) in [6, 6.07) is 3.68. The van der Waals surface area contributed by atoms with E-state index in [4.69, 9.17) is 5.73 Å². The largest absolute Gasteiger partial charge is 0.362 e. The molecule has 0 aliphatic rings. The van der Waals surface area contributed by atoms with Crippen molar-refractivity contribution in [2.45, 2.75) is 26.4 Å². The molecule has 0 saturated carbocycles. The average molecular weight is 250 g/mol. The van der Waals surface area contributed by atoms with Crippen molar-refractivity contribution < 1.29 is 4.79 Å². The number of hydrogen-bond donors (Lipinski definition) is 2. The second kappa shape index (κ2) is 6.35. The zero-order valence-electron chi connectivity index (χ0n) is 11.5. The summed E-state index contributed by atoms with van der Waals surface area (Å²) in [5.74, 6) is 0.647. The van der Waals surface area contributed by atoms with Crippen LogP contribution in [0.25, 0.3) is 0 Å². The summed E-state index contributed by atoms with van der Waals surface area (Å²) in [5, 5.41) is 2.89. The van der Waals surface area contributed by atoms with Gasteiger partial charge in [-0.25, -0.2) is 4.98 Å². The standard InChI is InChI=1S/C13H22N4O/c1-9(10(2)14)13(18)16-8-11-6-5-7-15-12(11)17(3)4/h5-7,9-10H,8,14H2,1-4H3,(H,16,18). The van der Waals surface area contributed by atoms with E-state index in [1.54, 1.807) is 6.20 Å². The predicted octanol–water partition coefficient (Wildman–Crippen LogP) is 0.747. The minimum absolute atomic E-state index is 0.0291. The smallest absolute Gasteiger partial charge is 0.224 e. The normalized spacial score (nSPS) is 13.8. The van der Waals surface area contributed by atoms with Crippen LogP contribution in [-0.2, 0) is 11.3 Å². The Balaban J connectivity index is 2.67. The van der Waals surface area contributed by atoms with Crippen molar-refractivity contribution in [1.82, 2.24) is 10.3 Å². The van der Waals surface area contributed by atoms with Gasteiger partial charge in [-0.05, 0) is 13.0 Å². The first-order valence-corrected chi connectivity index (χ1v) is 6.08. The topological polar surface area (TPSA) is 71.2 Å². The van der Waals surface area contributed by atoms with Crippen LogP contribution in [-0.4, -0.2) is 31.0 Å². The van der Waals surface area contributed by atoms with Gasteiger partial charge in [0, 0.05) is 44.4 Å². The first-order chi connectivity index (χ1) is 8.43. The first kappa shape index (κ1) is 14.4. The highest BCUT2D eigenvalue weighted by molar-refractivity contribution is 5.79. The second-order valence-electron chi connectivity index (χ2n) is 4.75. The summed E-state index contributed by atoms with van der Waals surface area (Å²) in [4.78, 5) is 18.0. The Morgan fingerprint density at radius 3 is 2.72 bits per heavy atom. The molecule has 0 aromatic carbocycles. The lowest BCUT2D eigenvalue weighted by atomic mass is 10.0. The zero-order valence-corrected chi connectivity index (χ0v) is 11.5. The van der Waals surface area contributed by atoms with Crippen LogP contribution in [0.5, 0.6) is 0 Å². The predicted molar refractivity (Wildman–Crippen MR) is 73.2 cm³/mol. The summed E-state index contributed by atoms with van der Waals surface area (Å²) in [7, 11) is 3.86. The van der Waals surface area contributed by atoms with Crippen molar-refractivity contribution in [3.63, 3.8) is 0 Å². The van der Waals surface area contributed by atoms with Crippen molar-refractivity contribution in [3.05, 3.63) is 23.9 Å². The molecule has 100 valence electrons. The fourth-order valence-corrected chi connectivity index (χ4v) is 1.55. The van der Waals surface area contributed by atoms with Crippen LogP contribution in [0.15, 0.2) is 18.3 Å². The average Bonchev–Trinajstić information content (AvgIpc) is 2.35. The highest BCUT2D eigenvalue weighted by atomic mass is 16.1. The molecule has 1 rings (SSSR count). The summed E-state index contributed by atoms with van der Waals surface area (Å²) in [6.07, 6.45) is 1.74. The Hall–Kier alpha value is -1.62. The Labute approximate surface area is 108 Å². The molecule has 0 bridgehead atoms. The third kappa shape index (κ3) is 3.70. The lowest BCUT2D eigenvalue weighted by molar-refractivity contribution is -0.125. The number of nitrogens with one attached hydrogen (secondary N) is 1. The van der Waals surface area contributed by atoms with E-state index in [0.29, 0.717) is 6.54 Å². The van der Waals surface area contributed by atoms with Gasteiger partial charge in [0.05, 0.1) is 0 Å². The van der Waals surface area contributed by atoms with Crippen LogP contribution < -0.4 is 16.0 Å². The molecule has 1 aromatic heterocycles. The van der Waals surface area contributed by atoms with E-state index in [9.17, 15) is 4.79 Å². The fraction of sp³-hybridized carbons (Fsp3) is 0.538. The van der Waals surface area contributed by atoms with Gasteiger partial charge >= 0.3 is 0 Å². The number of anilines is 1. The molecule has 0 fully saturated rings. The Morgan fingerprint density at radius 2 is 2.17 bits per heavy atom. The Kier molecular flexibility index (Phi) is 5.09. The number of pyridine rings is 1. The molecular formula is C13H22N4O. The Morgan fingerprint density at radius 1 is 1.50 bits per heavy atom. The van der Waals surface area contributed by atoms with Gasteiger partial charge in [-0.3, -0.25) is 4.79 Å². The number of rotatable bonds is 5. The number of nitrogens with two attached hydrogens (primary N) is 1. The third-order valence-electron chi connectivity index (χ3n) is 2.95. The van der Waals surface area contributed by atoms with E-state index in [-0.39, 0.29) is 17.9 Å². The van der Waals surface area contributed by atoms with Crippen LogP contribution in [0.4, 0.5) is 5.82 Å². The molecule has 2 unspecified atom stereocenters. The van der Waals surface area contributed by atoms with Crippen molar-refractivity contribution >= 4 is 11.7 Å². The molecule has 1 heterocycles. The lowest BCUT2D eigenvalue weighted by Gasteiger charge is -2.18. The molecule has 5 nitrogen and oxygen atoms in total. The number of carbonyl (C=O) groups excluding carboxylic acids is 1. The molecule has 1 aromatic rings. The van der Waals surface area contributed by atoms with Crippen LogP contribution in [0.3, 0.4) is 0 Å². The summed E-state index contributed by atoms with van der Waals surface area (Å²) >= 11 is 0. The maximum absolute atomic E-state index is 11.8. The van der Waals surface area contributed by atoms with Crippen molar-refractivity contribution in [2.24, 2.45) is 11.7 Å². The number of hydrogen-bond acceptors (Lipinski definition) is 4. The van der Waals surface area contributed by atoms with Gasteiger partial charge in [-0.15, -0.1) is 0 Å². The summed E-state index contributed by atoms with van der Waals surface area (Å²) in [6.45, 7) is 4.13. The van der Waals surface area contributed by atoms with Crippen molar-refractivity contribution in [2.75, 3.05) is 19.0 Å². The molecule has 3 N–H and O–H groups in total. The SMILES string of the molecule is CC(N)C(C)C(=O)NCc1cccnc1N(C)C. The third-order valence-corrected chi connectivity index (χ3v) is 2.95. The highest BCUT2D eigenvalue weighted by Gasteiger charge is 2.17. The Bertz CT molecular complexity index is 404. The first-order valence-electron chi connectivity index (χ1n) is 6.08. The van der Waals surface area contributed by atoms with E-state index in [2.05, 4.69) is 10.3 Å². The van der Waals surface area contributed by atoms with Gasteiger partial charge in [-0.1, -0.05) is 13.0 Å². The molecule has 18 heavy (non-hydrogen) atoms. The van der Waals surface area contributed by atoms with E-state index in [1.807, 2.05) is 45.0 Å². The molecule has 5 heteroatoms. The van der Waals surface area contributed by atoms with Crippen LogP contribution in [0.1, 0.15) is 19.4 Å². The summed E-state index contributed by atoms with van der Waals surface area (Å²) in [5.41, 5.74) is 6.70. The number of aromatic nitrogens is 1. The molecule has 0 saturated heterocycles. The van der Waals surface area contributed by atoms with E-state index in [0.717, 1.165) is 11.4 Å². The molecule has 2 atom stereocenters. The molecule has 0 aliphatic heterocycles. The molecule has 1 amide bonds.